The number of hydrogen-bond donors (Lipinski definition) is 0. The van der Waals surface area contributed by atoms with Gasteiger partial charge in [-0.3, -0.25) is 4.57 Å². The minimum absolute atomic E-state index is 0.573. The Morgan fingerprint density at radius 3 is 1.27 bits per heavy atom. The number of fused-ring (bicyclic) bond motifs is 9. The molecule has 0 bridgehead atoms. The van der Waals surface area contributed by atoms with E-state index in [-0.39, 0.29) is 0 Å². The zero-order chi connectivity index (χ0) is 53.4. The molecule has 0 spiro atoms. The summed E-state index contributed by atoms with van der Waals surface area (Å²) in [5.41, 5.74) is 19.0. The van der Waals surface area contributed by atoms with E-state index in [4.69, 9.17) is 15.0 Å². The normalized spacial score (nSPS) is 11.7. The van der Waals surface area contributed by atoms with Crippen LogP contribution in [0.1, 0.15) is 0 Å². The van der Waals surface area contributed by atoms with Crippen molar-refractivity contribution in [2.75, 3.05) is 0 Å². The van der Waals surface area contributed by atoms with Crippen molar-refractivity contribution in [1.82, 2.24) is 24.1 Å². The second-order valence-corrected chi connectivity index (χ2v) is 21.8. The highest BCUT2D eigenvalue weighted by atomic mass is 32.1. The van der Waals surface area contributed by atoms with E-state index in [0.717, 1.165) is 88.4 Å². The predicted molar refractivity (Wildman–Crippen MR) is 339 cm³/mol. The van der Waals surface area contributed by atoms with Crippen LogP contribution in [0.5, 0.6) is 0 Å². The topological polar surface area (TPSA) is 48.5 Å². The molecule has 0 fully saturated rings. The first-order chi connectivity index (χ1) is 40.1. The van der Waals surface area contributed by atoms with Crippen LogP contribution in [0.3, 0.4) is 0 Å². The summed E-state index contributed by atoms with van der Waals surface area (Å²) in [5.74, 6) is 1.84. The Kier molecular flexibility index (Phi) is 11.0. The summed E-state index contributed by atoms with van der Waals surface area (Å²) in [6.07, 6.45) is 0. The van der Waals surface area contributed by atoms with Crippen LogP contribution in [0.4, 0.5) is 0 Å². The van der Waals surface area contributed by atoms with Gasteiger partial charge in [0, 0.05) is 58.5 Å². The van der Waals surface area contributed by atoms with Crippen LogP contribution in [0, 0.1) is 0 Å². The monoisotopic (exact) mass is 1050 g/mol. The number of benzene rings is 12. The second-order valence-electron chi connectivity index (χ2n) is 20.8. The molecule has 6 heteroatoms. The Hall–Kier alpha value is -10.5. The predicted octanol–water partition coefficient (Wildman–Crippen LogP) is 20.1. The van der Waals surface area contributed by atoms with Crippen LogP contribution >= 0.6 is 11.3 Å². The standard InChI is InChI=1S/C75H47N5S/c1-4-19-48(20-5-1)51-25-16-27-53(41-51)57-43-58(54-28-17-26-52(42-54)49-21-6-2-7-22-49)45-59(44-57)79-66-33-13-10-29-60(66)64-46-55(37-39-68(64)79)56-38-40-69-65(47-56)61-30-11-14-34-67(61)80(69)75-77-73(50-23-8-3-9-24-50)76-74(78-75)63-32-18-36-71-72(63)62-31-12-15-35-70(62)81-71/h1-47H. The van der Waals surface area contributed by atoms with Gasteiger partial charge in [0.1, 0.15) is 0 Å². The number of aromatic nitrogens is 5. The second kappa shape index (κ2) is 19.1. The van der Waals surface area contributed by atoms with Crippen LogP contribution in [0.2, 0.25) is 0 Å². The van der Waals surface area contributed by atoms with Gasteiger partial charge in [-0.05, 0) is 134 Å². The Balaban J connectivity index is 0.849. The molecule has 378 valence electrons. The maximum Gasteiger partial charge on any atom is 0.238 e. The largest absolute Gasteiger partial charge is 0.309 e. The Bertz CT molecular complexity index is 5010. The summed E-state index contributed by atoms with van der Waals surface area (Å²) in [4.78, 5) is 15.9. The maximum atomic E-state index is 5.40. The minimum Gasteiger partial charge on any atom is -0.309 e. The third kappa shape index (κ3) is 8.03. The molecule has 5 nitrogen and oxygen atoms in total. The molecule has 16 rings (SSSR count). The van der Waals surface area contributed by atoms with Crippen molar-refractivity contribution in [1.29, 1.82) is 0 Å². The number of thiophene rings is 1. The molecule has 4 heterocycles. The first-order valence-electron chi connectivity index (χ1n) is 27.4. The molecule has 12 aromatic carbocycles. The zero-order valence-corrected chi connectivity index (χ0v) is 44.6. The number of para-hydroxylation sites is 2. The molecular formula is C75H47N5S. The highest BCUT2D eigenvalue weighted by Gasteiger charge is 2.22. The first-order valence-corrected chi connectivity index (χ1v) is 28.2. The highest BCUT2D eigenvalue weighted by molar-refractivity contribution is 7.25. The van der Waals surface area contributed by atoms with Gasteiger partial charge < -0.3 is 4.57 Å². The molecule has 81 heavy (non-hydrogen) atoms. The van der Waals surface area contributed by atoms with Gasteiger partial charge in [-0.1, -0.05) is 206 Å². The maximum absolute atomic E-state index is 5.40. The zero-order valence-electron chi connectivity index (χ0n) is 43.8. The lowest BCUT2D eigenvalue weighted by Crippen LogP contribution is -2.06. The Morgan fingerprint density at radius 2 is 0.667 bits per heavy atom. The lowest BCUT2D eigenvalue weighted by molar-refractivity contribution is 0.954. The fourth-order valence-electron chi connectivity index (χ4n) is 12.2. The third-order valence-electron chi connectivity index (χ3n) is 16.0. The number of hydrogen-bond acceptors (Lipinski definition) is 4. The van der Waals surface area contributed by atoms with Gasteiger partial charge in [0.15, 0.2) is 11.6 Å². The van der Waals surface area contributed by atoms with Crippen LogP contribution in [-0.4, -0.2) is 24.1 Å². The molecule has 0 radical (unpaired) electrons. The van der Waals surface area contributed by atoms with E-state index in [1.54, 1.807) is 11.3 Å². The van der Waals surface area contributed by atoms with Gasteiger partial charge >= 0.3 is 0 Å². The van der Waals surface area contributed by atoms with E-state index in [1.165, 1.54) is 47.8 Å². The molecule has 0 saturated heterocycles. The molecule has 0 amide bonds. The first kappa shape index (κ1) is 46.6. The van der Waals surface area contributed by atoms with E-state index in [0.29, 0.717) is 17.6 Å². The molecule has 0 saturated carbocycles. The van der Waals surface area contributed by atoms with Gasteiger partial charge in [0.2, 0.25) is 5.95 Å². The van der Waals surface area contributed by atoms with Crippen molar-refractivity contribution < 1.29 is 0 Å². The summed E-state index contributed by atoms with van der Waals surface area (Å²) in [6.45, 7) is 0. The van der Waals surface area contributed by atoms with Crippen molar-refractivity contribution in [3.8, 4) is 90.0 Å². The van der Waals surface area contributed by atoms with E-state index >= 15 is 0 Å². The SMILES string of the molecule is c1ccc(-c2cccc(-c3cc(-c4cccc(-c5ccccc5)c4)cc(-n4c5ccccc5c5cc(-c6ccc7c(c6)c6ccccc6n7-c6nc(-c7ccccc7)nc(-c7cccc8sc9ccccc9c78)n6)ccc54)c3)c2)cc1. The fraction of sp³-hybridized carbons (Fsp3) is 0. The van der Waals surface area contributed by atoms with Crippen molar-refractivity contribution in [3.63, 3.8) is 0 Å². The summed E-state index contributed by atoms with van der Waals surface area (Å²) >= 11 is 1.80. The smallest absolute Gasteiger partial charge is 0.238 e. The quantitative estimate of drug-likeness (QED) is 0.145. The van der Waals surface area contributed by atoms with Gasteiger partial charge in [-0.2, -0.15) is 9.97 Å². The number of nitrogens with zero attached hydrogens (tertiary/aromatic N) is 5. The van der Waals surface area contributed by atoms with Crippen LogP contribution in [0.15, 0.2) is 285 Å². The van der Waals surface area contributed by atoms with Crippen molar-refractivity contribution in [2.45, 2.75) is 0 Å². The number of rotatable bonds is 9. The van der Waals surface area contributed by atoms with E-state index in [9.17, 15) is 0 Å². The Labute approximate surface area is 471 Å². The van der Waals surface area contributed by atoms with E-state index in [1.807, 2.05) is 18.2 Å². The summed E-state index contributed by atoms with van der Waals surface area (Å²) in [5, 5.41) is 7.00. The summed E-state index contributed by atoms with van der Waals surface area (Å²) in [6, 6.07) is 103. The van der Waals surface area contributed by atoms with E-state index in [2.05, 4.69) is 276 Å². The van der Waals surface area contributed by atoms with Crippen LogP contribution in [-0.2, 0) is 0 Å². The third-order valence-corrected chi connectivity index (χ3v) is 17.1. The minimum atomic E-state index is 0.573. The molecule has 0 N–H and O–H groups in total. The average Bonchev–Trinajstić information content (AvgIpc) is 4.39. The van der Waals surface area contributed by atoms with Crippen LogP contribution in [0.25, 0.3) is 154 Å². The van der Waals surface area contributed by atoms with Gasteiger partial charge in [0.05, 0.1) is 22.1 Å². The molecule has 16 aromatic rings. The van der Waals surface area contributed by atoms with E-state index < -0.39 is 0 Å². The van der Waals surface area contributed by atoms with Crippen LogP contribution < -0.4 is 0 Å². The summed E-state index contributed by atoms with van der Waals surface area (Å²) < 4.78 is 7.11. The summed E-state index contributed by atoms with van der Waals surface area (Å²) in [7, 11) is 0. The van der Waals surface area contributed by atoms with Gasteiger partial charge in [-0.25, -0.2) is 4.98 Å². The lowest BCUT2D eigenvalue weighted by Gasteiger charge is -2.15. The highest BCUT2D eigenvalue weighted by Crippen LogP contribution is 2.43. The molecule has 4 aromatic heterocycles. The van der Waals surface area contributed by atoms with Crippen molar-refractivity contribution in [3.05, 3.63) is 285 Å². The molecule has 0 aliphatic carbocycles. The van der Waals surface area contributed by atoms with Gasteiger partial charge in [0.25, 0.3) is 0 Å². The average molecular weight is 1050 g/mol. The Morgan fingerprint density at radius 1 is 0.247 bits per heavy atom. The van der Waals surface area contributed by atoms with Crippen molar-refractivity contribution >= 4 is 75.1 Å². The molecular weight excluding hydrogens is 1000 g/mol. The van der Waals surface area contributed by atoms with Crippen molar-refractivity contribution in [2.24, 2.45) is 0 Å². The fourth-order valence-corrected chi connectivity index (χ4v) is 13.3. The molecule has 0 aliphatic heterocycles. The lowest BCUT2D eigenvalue weighted by atomic mass is 9.94. The molecule has 0 aliphatic rings. The van der Waals surface area contributed by atoms with Gasteiger partial charge in [-0.15, -0.1) is 11.3 Å². The molecule has 0 atom stereocenters. The molecule has 0 unspecified atom stereocenters.